The van der Waals surface area contributed by atoms with Crippen molar-refractivity contribution in [3.05, 3.63) is 67.1 Å². The average Bonchev–Trinajstić information content (AvgIpc) is 3.19. The van der Waals surface area contributed by atoms with Crippen LogP contribution >= 0.6 is 7.92 Å². The van der Waals surface area contributed by atoms with Gasteiger partial charge in [-0.1, -0.05) is 44.1 Å². The van der Waals surface area contributed by atoms with E-state index in [1.165, 1.54) is 36.2 Å². The minimum atomic E-state index is -0.0698. The molecule has 1 saturated carbocycles. The smallest absolute Gasteiger partial charge is 1.00 e. The Morgan fingerprint density at radius 2 is 1.88 bits per heavy atom. The van der Waals surface area contributed by atoms with Gasteiger partial charge in [-0.2, -0.15) is 6.07 Å². The molecule has 0 aromatic heterocycles. The Kier molecular flexibility index (Phi) is 9.69. The molecule has 4 unspecified atom stereocenters. The maximum absolute atomic E-state index is 2.67. The summed E-state index contributed by atoms with van der Waals surface area (Å²) < 4.78 is 0. The standard InChI is InChI=1S/C22H25P.2FH.Hf/c1-2-3-12-23(21-13-17-8-4-5-9-18(17)14-21)22-15-19-10-6-7-11-20(19)16-22;;;/h4-11,13-15,19-20,22H,2-3,12,16H2,1H3;2*1H;/q-2;;;+4/p-2. The minimum Gasteiger partial charge on any atom is -1.00 e. The van der Waals surface area contributed by atoms with E-state index in [0.29, 0.717) is 5.92 Å². The topological polar surface area (TPSA) is 0 Å². The maximum Gasteiger partial charge on any atom is 4.00 e. The molecule has 2 aliphatic rings. The zero-order valence-corrected chi connectivity index (χ0v) is 19.6. The molecule has 4 atom stereocenters. The Labute approximate surface area is 175 Å². The molecule has 4 heteroatoms. The minimum absolute atomic E-state index is 0. The van der Waals surface area contributed by atoms with Crippen LogP contribution in [0.2, 0.25) is 0 Å². The summed E-state index contributed by atoms with van der Waals surface area (Å²) in [7, 11) is -0.0698. The molecule has 0 amide bonds. The quantitative estimate of drug-likeness (QED) is 0.282. The summed E-state index contributed by atoms with van der Waals surface area (Å²) in [6, 6.07) is 13.8. The third-order valence-corrected chi connectivity index (χ3v) is 8.25. The molecule has 0 spiro atoms. The van der Waals surface area contributed by atoms with Crippen molar-refractivity contribution < 1.29 is 35.3 Å². The van der Waals surface area contributed by atoms with Gasteiger partial charge in [-0.3, -0.25) is 0 Å². The van der Waals surface area contributed by atoms with Crippen molar-refractivity contribution in [2.75, 3.05) is 6.16 Å². The predicted molar refractivity (Wildman–Crippen MR) is 104 cm³/mol. The summed E-state index contributed by atoms with van der Waals surface area (Å²) >= 11 is 0. The Balaban J connectivity index is 0.00000113. The number of rotatable bonds is 5. The van der Waals surface area contributed by atoms with E-state index in [9.17, 15) is 0 Å². The normalized spacial score (nSPS) is 24.3. The number of hydrogen-bond donors (Lipinski definition) is 0. The predicted octanol–water partition coefficient (Wildman–Crippen LogP) is -0.194. The van der Waals surface area contributed by atoms with Gasteiger partial charge in [0.05, 0.1) is 0 Å². The number of allylic oxidation sites excluding steroid dienone is 4. The first-order chi connectivity index (χ1) is 11.3. The maximum atomic E-state index is 2.67. The number of benzene rings is 1. The van der Waals surface area contributed by atoms with E-state index in [0.717, 1.165) is 11.6 Å². The van der Waals surface area contributed by atoms with Crippen molar-refractivity contribution in [2.45, 2.75) is 31.8 Å². The Bertz CT molecular complexity index is 684. The van der Waals surface area contributed by atoms with Gasteiger partial charge in [0.2, 0.25) is 0 Å². The Morgan fingerprint density at radius 1 is 1.12 bits per heavy atom. The number of unbranched alkanes of at least 4 members (excludes halogenated alkanes) is 1. The SMILES string of the molecule is CCCCP(c1cc2ccccc2[cH-]1)C1[CH-]C2C=CC=CC2C1.[F-].[F-].[Hf+4]. The van der Waals surface area contributed by atoms with Gasteiger partial charge < -0.3 is 15.8 Å². The Morgan fingerprint density at radius 3 is 2.62 bits per heavy atom. The van der Waals surface area contributed by atoms with Crippen LogP contribution in [0.1, 0.15) is 26.2 Å². The van der Waals surface area contributed by atoms with Crippen molar-refractivity contribution in [1.82, 2.24) is 0 Å². The van der Waals surface area contributed by atoms with E-state index in [2.05, 4.69) is 74.0 Å². The van der Waals surface area contributed by atoms with Gasteiger partial charge in [-0.15, -0.1) is 65.9 Å². The van der Waals surface area contributed by atoms with Gasteiger partial charge in [0.25, 0.3) is 0 Å². The molecular formula is C22H25F2HfP. The van der Waals surface area contributed by atoms with Crippen molar-refractivity contribution in [3.8, 4) is 0 Å². The molecule has 1 fully saturated rings. The Hall–Kier alpha value is -0.530. The van der Waals surface area contributed by atoms with Crippen LogP contribution in [0.5, 0.6) is 0 Å². The van der Waals surface area contributed by atoms with Crippen LogP contribution in [-0.2, 0) is 25.8 Å². The average molecular weight is 537 g/mol. The van der Waals surface area contributed by atoms with Crippen molar-refractivity contribution in [1.29, 1.82) is 0 Å². The fourth-order valence-electron chi connectivity index (χ4n) is 4.07. The van der Waals surface area contributed by atoms with Crippen LogP contribution in [0.15, 0.2) is 60.7 Å². The summed E-state index contributed by atoms with van der Waals surface area (Å²) in [4.78, 5) is 0. The van der Waals surface area contributed by atoms with Gasteiger partial charge in [-0.25, -0.2) is 0 Å². The second-order valence-electron chi connectivity index (χ2n) is 6.90. The van der Waals surface area contributed by atoms with Crippen molar-refractivity contribution in [2.24, 2.45) is 11.8 Å². The third kappa shape index (κ3) is 4.84. The molecule has 0 heterocycles. The van der Waals surface area contributed by atoms with E-state index >= 15 is 0 Å². The second-order valence-corrected chi connectivity index (χ2v) is 9.46. The number of hydrogen-bond acceptors (Lipinski definition) is 0. The van der Waals surface area contributed by atoms with E-state index < -0.39 is 0 Å². The number of fused-ring (bicyclic) bond motifs is 2. The van der Waals surface area contributed by atoms with Crippen molar-refractivity contribution in [3.63, 3.8) is 0 Å². The summed E-state index contributed by atoms with van der Waals surface area (Å²) in [5.74, 6) is 1.43. The fourth-order valence-corrected chi connectivity index (χ4v) is 7.22. The summed E-state index contributed by atoms with van der Waals surface area (Å²) in [5.41, 5.74) is 0.788. The van der Waals surface area contributed by atoms with Crippen molar-refractivity contribution >= 4 is 24.0 Å². The third-order valence-electron chi connectivity index (χ3n) is 5.34. The molecule has 4 rings (SSSR count). The molecular weight excluding hydrogens is 512 g/mol. The molecule has 0 saturated heterocycles. The largest absolute Gasteiger partial charge is 4.00 e. The van der Waals surface area contributed by atoms with Crippen LogP contribution in [0.25, 0.3) is 10.8 Å². The molecule has 136 valence electrons. The molecule has 2 aromatic carbocycles. The molecule has 0 aliphatic heterocycles. The van der Waals surface area contributed by atoms with E-state index in [1.54, 1.807) is 5.30 Å². The van der Waals surface area contributed by atoms with Gasteiger partial charge in [0.1, 0.15) is 0 Å². The molecule has 2 aromatic rings. The zero-order valence-electron chi connectivity index (χ0n) is 15.1. The van der Waals surface area contributed by atoms with Gasteiger partial charge in [0.15, 0.2) is 0 Å². The first kappa shape index (κ1) is 23.5. The monoisotopic (exact) mass is 538 g/mol. The van der Waals surface area contributed by atoms with Gasteiger partial charge in [0, 0.05) is 0 Å². The van der Waals surface area contributed by atoms with Crippen LogP contribution in [0.4, 0.5) is 0 Å². The molecule has 2 aliphatic carbocycles. The zero-order chi connectivity index (χ0) is 15.6. The summed E-state index contributed by atoms with van der Waals surface area (Å²) in [6.07, 6.45) is 17.4. The number of halogens is 2. The van der Waals surface area contributed by atoms with E-state index in [4.69, 9.17) is 0 Å². The first-order valence-corrected chi connectivity index (χ1v) is 10.6. The van der Waals surface area contributed by atoms with Crippen LogP contribution in [-0.4, -0.2) is 11.8 Å². The van der Waals surface area contributed by atoms with Gasteiger partial charge in [-0.05, 0) is 18.5 Å². The van der Waals surface area contributed by atoms with Gasteiger partial charge >= 0.3 is 25.8 Å². The molecule has 0 nitrogen and oxygen atoms in total. The molecule has 0 bridgehead atoms. The fraction of sp³-hybridized carbons (Fsp3) is 0.364. The van der Waals surface area contributed by atoms with Crippen LogP contribution < -0.4 is 14.7 Å². The summed E-state index contributed by atoms with van der Waals surface area (Å²) in [5, 5.41) is 4.46. The van der Waals surface area contributed by atoms with E-state index in [1.807, 2.05) is 0 Å². The van der Waals surface area contributed by atoms with Crippen LogP contribution in [0, 0.1) is 18.3 Å². The molecule has 0 radical (unpaired) electrons. The molecule has 0 N–H and O–H groups in total. The summed E-state index contributed by atoms with van der Waals surface area (Å²) in [6.45, 7) is 2.32. The second kappa shape index (κ2) is 10.7. The van der Waals surface area contributed by atoms with Crippen LogP contribution in [0.3, 0.4) is 0 Å². The first-order valence-electron chi connectivity index (χ1n) is 8.97. The van der Waals surface area contributed by atoms with E-state index in [-0.39, 0.29) is 43.2 Å². The molecule has 26 heavy (non-hydrogen) atoms.